The number of aryl methyl sites for hydroxylation is 1. The van der Waals surface area contributed by atoms with E-state index in [2.05, 4.69) is 28.9 Å². The number of hydrogen-bond acceptors (Lipinski definition) is 3. The van der Waals surface area contributed by atoms with E-state index in [0.29, 0.717) is 13.2 Å². The highest BCUT2D eigenvalue weighted by Crippen LogP contribution is 2.31. The predicted molar refractivity (Wildman–Crippen MR) is 88.2 cm³/mol. The number of H-pyrrole nitrogens is 1. The molecule has 1 fully saturated rings. The summed E-state index contributed by atoms with van der Waals surface area (Å²) in [6.45, 7) is 9.86. The largest absolute Gasteiger partial charge is 0.444 e. The number of carbonyl (C=O) groups excluding carboxylic acids is 1. The number of ether oxygens (including phenoxy) is 1. The van der Waals surface area contributed by atoms with Crippen molar-refractivity contribution in [2.45, 2.75) is 33.3 Å². The molecule has 5 nitrogen and oxygen atoms in total. The number of carbonyl (C=O) groups is 1. The quantitative estimate of drug-likeness (QED) is 0.877. The molecule has 0 radical (unpaired) electrons. The fourth-order valence-corrected chi connectivity index (χ4v) is 2.86. The van der Waals surface area contributed by atoms with Gasteiger partial charge in [-0.25, -0.2) is 4.79 Å². The van der Waals surface area contributed by atoms with Gasteiger partial charge in [0.25, 0.3) is 0 Å². The Morgan fingerprint density at radius 1 is 1.27 bits per heavy atom. The minimum Gasteiger partial charge on any atom is -0.444 e. The monoisotopic (exact) mass is 301 g/mol. The maximum Gasteiger partial charge on any atom is 0.411 e. The van der Waals surface area contributed by atoms with E-state index in [4.69, 9.17) is 4.74 Å². The molecule has 1 aromatic carbocycles. The molecule has 118 valence electrons. The normalized spacial score (nSPS) is 15.6. The molecule has 0 unspecified atom stereocenters. The van der Waals surface area contributed by atoms with Crippen molar-refractivity contribution >= 4 is 22.7 Å². The molecule has 0 bridgehead atoms. The number of hydrogen-bond donors (Lipinski definition) is 1. The second-order valence-corrected chi connectivity index (χ2v) is 6.82. The Labute approximate surface area is 130 Å². The fourth-order valence-electron chi connectivity index (χ4n) is 2.86. The van der Waals surface area contributed by atoms with Gasteiger partial charge in [-0.05, 0) is 45.4 Å². The molecule has 0 aliphatic carbocycles. The van der Waals surface area contributed by atoms with Gasteiger partial charge in [-0.15, -0.1) is 0 Å². The number of aromatic amines is 1. The van der Waals surface area contributed by atoms with Gasteiger partial charge in [0.1, 0.15) is 5.60 Å². The zero-order valence-electron chi connectivity index (χ0n) is 13.6. The van der Waals surface area contributed by atoms with E-state index in [1.54, 1.807) is 4.90 Å². The molecule has 0 atom stereocenters. The average Bonchev–Trinajstić information content (AvgIpc) is 3.04. The summed E-state index contributed by atoms with van der Waals surface area (Å²) >= 11 is 0. The molecule has 1 N–H and O–H groups in total. The van der Waals surface area contributed by atoms with Crippen molar-refractivity contribution in [3.05, 3.63) is 30.0 Å². The molecule has 1 saturated heterocycles. The Hall–Kier alpha value is -2.17. The van der Waals surface area contributed by atoms with Crippen molar-refractivity contribution in [1.29, 1.82) is 0 Å². The first-order valence-corrected chi connectivity index (χ1v) is 7.65. The molecular formula is C17H23N3O2. The number of benzene rings is 1. The van der Waals surface area contributed by atoms with Gasteiger partial charge in [0.15, 0.2) is 0 Å². The molecule has 0 spiro atoms. The molecule has 3 rings (SSSR count). The molecule has 1 amide bonds. The predicted octanol–water partition coefficient (Wildman–Crippen LogP) is 3.49. The first kappa shape index (κ1) is 14.8. The van der Waals surface area contributed by atoms with Crippen LogP contribution in [0.2, 0.25) is 0 Å². The lowest BCUT2D eigenvalue weighted by Gasteiger charge is -2.25. The summed E-state index contributed by atoms with van der Waals surface area (Å²) in [4.78, 5) is 19.5. The van der Waals surface area contributed by atoms with Crippen molar-refractivity contribution in [3.63, 3.8) is 0 Å². The van der Waals surface area contributed by atoms with Crippen LogP contribution in [0.3, 0.4) is 0 Å². The first-order valence-electron chi connectivity index (χ1n) is 7.65. The summed E-state index contributed by atoms with van der Waals surface area (Å²) in [5.74, 6) is 0. The van der Waals surface area contributed by atoms with Crippen LogP contribution in [-0.2, 0) is 4.74 Å². The number of nitrogens with zero attached hydrogens (tertiary/aromatic N) is 2. The van der Waals surface area contributed by atoms with Crippen LogP contribution in [0.5, 0.6) is 0 Å². The summed E-state index contributed by atoms with van der Waals surface area (Å²) in [7, 11) is 0. The lowest BCUT2D eigenvalue weighted by Crippen LogP contribution is -2.36. The second-order valence-electron chi connectivity index (χ2n) is 6.82. The Bertz CT molecular complexity index is 699. The van der Waals surface area contributed by atoms with Crippen LogP contribution in [0.25, 0.3) is 10.9 Å². The van der Waals surface area contributed by atoms with E-state index in [1.807, 2.05) is 33.0 Å². The van der Waals surface area contributed by atoms with Crippen molar-refractivity contribution < 1.29 is 9.53 Å². The van der Waals surface area contributed by atoms with Crippen LogP contribution in [0, 0.1) is 6.92 Å². The van der Waals surface area contributed by atoms with E-state index in [0.717, 1.165) is 12.1 Å². The van der Waals surface area contributed by atoms with Crippen LogP contribution < -0.4 is 4.90 Å². The number of anilines is 1. The van der Waals surface area contributed by atoms with Crippen LogP contribution in [0.1, 0.15) is 26.3 Å². The highest BCUT2D eigenvalue weighted by atomic mass is 16.6. The van der Waals surface area contributed by atoms with Gasteiger partial charge >= 0.3 is 6.09 Å². The van der Waals surface area contributed by atoms with Crippen molar-refractivity contribution in [1.82, 2.24) is 9.88 Å². The molecule has 1 aliphatic rings. The molecule has 5 heteroatoms. The number of fused-ring (bicyclic) bond motifs is 1. The third-order valence-electron chi connectivity index (χ3n) is 3.85. The Balaban J connectivity index is 1.80. The van der Waals surface area contributed by atoms with Crippen molar-refractivity contribution in [2.24, 2.45) is 0 Å². The smallest absolute Gasteiger partial charge is 0.411 e. The summed E-state index contributed by atoms with van der Waals surface area (Å²) in [6.07, 6.45) is 1.78. The van der Waals surface area contributed by atoms with Crippen LogP contribution in [0.15, 0.2) is 24.4 Å². The number of nitrogens with one attached hydrogen (secondary N) is 1. The van der Waals surface area contributed by atoms with Crippen LogP contribution in [-0.4, -0.2) is 41.3 Å². The zero-order valence-corrected chi connectivity index (χ0v) is 13.6. The summed E-state index contributed by atoms with van der Waals surface area (Å²) in [5, 5.41) is 1.23. The molecule has 0 saturated carbocycles. The van der Waals surface area contributed by atoms with Gasteiger partial charge in [-0.3, -0.25) is 4.90 Å². The van der Waals surface area contributed by atoms with E-state index in [-0.39, 0.29) is 6.09 Å². The van der Waals surface area contributed by atoms with Gasteiger partial charge in [-0.2, -0.15) is 0 Å². The van der Waals surface area contributed by atoms with E-state index < -0.39 is 5.60 Å². The van der Waals surface area contributed by atoms with E-state index >= 15 is 0 Å². The Morgan fingerprint density at radius 3 is 2.77 bits per heavy atom. The molecular weight excluding hydrogens is 278 g/mol. The topological polar surface area (TPSA) is 48.6 Å². The molecule has 2 heterocycles. The van der Waals surface area contributed by atoms with Gasteiger partial charge in [0, 0.05) is 35.9 Å². The maximum atomic E-state index is 12.2. The molecule has 1 aromatic heterocycles. The van der Waals surface area contributed by atoms with E-state index in [1.165, 1.54) is 16.6 Å². The molecule has 22 heavy (non-hydrogen) atoms. The highest BCUT2D eigenvalue weighted by Gasteiger charge is 2.29. The molecule has 1 aliphatic heterocycles. The second kappa shape index (κ2) is 5.23. The highest BCUT2D eigenvalue weighted by molar-refractivity contribution is 5.95. The Morgan fingerprint density at radius 2 is 2.05 bits per heavy atom. The van der Waals surface area contributed by atoms with E-state index in [9.17, 15) is 4.79 Å². The summed E-state index contributed by atoms with van der Waals surface area (Å²) in [6, 6.07) is 6.24. The summed E-state index contributed by atoms with van der Waals surface area (Å²) < 4.78 is 5.46. The van der Waals surface area contributed by atoms with Gasteiger partial charge in [-0.1, -0.05) is 6.07 Å². The third-order valence-corrected chi connectivity index (χ3v) is 3.85. The lowest BCUT2D eigenvalue weighted by atomic mass is 10.1. The van der Waals surface area contributed by atoms with Gasteiger partial charge < -0.3 is 14.6 Å². The first-order chi connectivity index (χ1) is 10.3. The average molecular weight is 301 g/mol. The maximum absolute atomic E-state index is 12.2. The number of rotatable bonds is 1. The van der Waals surface area contributed by atoms with Gasteiger partial charge in [0.05, 0.1) is 6.67 Å². The third kappa shape index (κ3) is 2.75. The molecule has 2 aromatic rings. The van der Waals surface area contributed by atoms with Crippen molar-refractivity contribution in [2.75, 3.05) is 24.7 Å². The summed E-state index contributed by atoms with van der Waals surface area (Å²) in [5.41, 5.74) is 3.07. The minimum atomic E-state index is -0.457. The minimum absolute atomic E-state index is 0.243. The van der Waals surface area contributed by atoms with Gasteiger partial charge in [0.2, 0.25) is 0 Å². The fraction of sp³-hybridized carbons (Fsp3) is 0.471. The van der Waals surface area contributed by atoms with Crippen molar-refractivity contribution in [3.8, 4) is 0 Å². The zero-order chi connectivity index (χ0) is 15.9. The number of amides is 1. The standard InChI is InChI=1S/C17H23N3O2/c1-12-10-18-13-6-5-7-14(15(12)13)19-8-9-20(11-19)16(21)22-17(2,3)4/h5-7,10,18H,8-9,11H2,1-4H3. The van der Waals surface area contributed by atoms with Crippen LogP contribution in [0.4, 0.5) is 10.5 Å². The number of aromatic nitrogens is 1. The van der Waals surface area contributed by atoms with Crippen LogP contribution >= 0.6 is 0 Å². The lowest BCUT2D eigenvalue weighted by molar-refractivity contribution is 0.0297. The Kier molecular flexibility index (Phi) is 3.51. The SMILES string of the molecule is Cc1c[nH]c2cccc(N3CCN(C(=O)OC(C)(C)C)C3)c12.